The molecule has 0 spiro atoms. The fraction of sp³-hybridized carbons (Fsp3) is 0.294. The summed E-state index contributed by atoms with van der Waals surface area (Å²) < 4.78 is 0. The zero-order chi connectivity index (χ0) is 14.1. The number of rotatable bonds is 3. The molecular formula is C17H21Cl2N3S. The summed E-state index contributed by atoms with van der Waals surface area (Å²) in [5.41, 5.74) is 2.61. The molecule has 0 aliphatic carbocycles. The third-order valence-corrected chi connectivity index (χ3v) is 5.15. The molecule has 1 fully saturated rings. The van der Waals surface area contributed by atoms with Gasteiger partial charge in [0.1, 0.15) is 0 Å². The Labute approximate surface area is 152 Å². The summed E-state index contributed by atoms with van der Waals surface area (Å²) in [6.07, 6.45) is 2.01. The number of aromatic amines is 1. The van der Waals surface area contributed by atoms with E-state index in [-0.39, 0.29) is 24.8 Å². The minimum Gasteiger partial charge on any atom is -0.361 e. The van der Waals surface area contributed by atoms with Crippen molar-refractivity contribution in [1.82, 2.24) is 15.2 Å². The minimum absolute atomic E-state index is 0. The number of nitrogens with zero attached hydrogens (tertiary/aromatic N) is 1. The van der Waals surface area contributed by atoms with E-state index < -0.39 is 0 Å². The average Bonchev–Trinajstić information content (AvgIpc) is 3.19. The van der Waals surface area contributed by atoms with E-state index in [0.29, 0.717) is 6.04 Å². The van der Waals surface area contributed by atoms with Crippen molar-refractivity contribution in [3.63, 3.8) is 0 Å². The SMILES string of the molecule is Cl.Cl.c1csc([C@@H](c2ccc3[nH]ccc3c2)N2CCNCC2)c1. The zero-order valence-electron chi connectivity index (χ0n) is 12.7. The largest absolute Gasteiger partial charge is 0.361 e. The van der Waals surface area contributed by atoms with Crippen LogP contribution in [0.15, 0.2) is 48.0 Å². The number of piperazine rings is 1. The predicted octanol–water partition coefficient (Wildman–Crippen LogP) is 4.07. The second kappa shape index (κ2) is 8.18. The molecule has 6 heteroatoms. The quantitative estimate of drug-likeness (QED) is 0.728. The van der Waals surface area contributed by atoms with Gasteiger partial charge in [-0.15, -0.1) is 36.2 Å². The normalized spacial score (nSPS) is 16.5. The van der Waals surface area contributed by atoms with Gasteiger partial charge < -0.3 is 10.3 Å². The summed E-state index contributed by atoms with van der Waals surface area (Å²) in [6.45, 7) is 4.37. The first kappa shape index (κ1) is 18.3. The van der Waals surface area contributed by atoms with Crippen LogP contribution in [0, 0.1) is 0 Å². The van der Waals surface area contributed by atoms with Crippen molar-refractivity contribution >= 4 is 47.1 Å². The van der Waals surface area contributed by atoms with Crippen LogP contribution in [0.2, 0.25) is 0 Å². The Kier molecular flexibility index (Phi) is 6.50. The van der Waals surface area contributed by atoms with Gasteiger partial charge in [-0.2, -0.15) is 0 Å². The molecule has 0 unspecified atom stereocenters. The van der Waals surface area contributed by atoms with E-state index in [2.05, 4.69) is 57.0 Å². The van der Waals surface area contributed by atoms with Crippen molar-refractivity contribution in [2.24, 2.45) is 0 Å². The third-order valence-electron chi connectivity index (χ3n) is 4.22. The van der Waals surface area contributed by atoms with E-state index in [1.165, 1.54) is 21.3 Å². The van der Waals surface area contributed by atoms with E-state index >= 15 is 0 Å². The Balaban J connectivity index is 0.000000960. The van der Waals surface area contributed by atoms with E-state index in [1.807, 2.05) is 17.5 Å². The second-order valence-electron chi connectivity index (χ2n) is 5.53. The smallest absolute Gasteiger partial charge is 0.0697 e. The molecule has 0 bridgehead atoms. The highest BCUT2D eigenvalue weighted by atomic mass is 35.5. The van der Waals surface area contributed by atoms with Crippen molar-refractivity contribution in [1.29, 1.82) is 0 Å². The van der Waals surface area contributed by atoms with Gasteiger partial charge in [0, 0.05) is 42.8 Å². The number of nitrogens with one attached hydrogen (secondary N) is 2. The third kappa shape index (κ3) is 3.73. The number of thiophene rings is 1. The van der Waals surface area contributed by atoms with Crippen LogP contribution in [0.4, 0.5) is 0 Å². The van der Waals surface area contributed by atoms with Gasteiger partial charge in [0.2, 0.25) is 0 Å². The number of aromatic nitrogens is 1. The van der Waals surface area contributed by atoms with E-state index in [9.17, 15) is 0 Å². The monoisotopic (exact) mass is 369 g/mol. The molecule has 1 saturated heterocycles. The molecule has 23 heavy (non-hydrogen) atoms. The van der Waals surface area contributed by atoms with Crippen LogP contribution < -0.4 is 5.32 Å². The molecule has 1 aliphatic rings. The topological polar surface area (TPSA) is 31.1 Å². The van der Waals surface area contributed by atoms with Gasteiger partial charge in [-0.25, -0.2) is 0 Å². The molecule has 1 atom stereocenters. The predicted molar refractivity (Wildman–Crippen MR) is 103 cm³/mol. The maximum absolute atomic E-state index is 3.45. The molecule has 0 saturated carbocycles. The summed E-state index contributed by atoms with van der Waals surface area (Å²) in [6, 6.07) is 13.8. The lowest BCUT2D eigenvalue weighted by molar-refractivity contribution is 0.201. The first-order valence-electron chi connectivity index (χ1n) is 7.47. The highest BCUT2D eigenvalue weighted by Gasteiger charge is 2.24. The maximum atomic E-state index is 3.45. The number of halogens is 2. The van der Waals surface area contributed by atoms with Crippen molar-refractivity contribution in [3.8, 4) is 0 Å². The summed E-state index contributed by atoms with van der Waals surface area (Å²) >= 11 is 1.86. The molecule has 3 heterocycles. The van der Waals surface area contributed by atoms with E-state index in [1.54, 1.807) is 0 Å². The second-order valence-corrected chi connectivity index (χ2v) is 6.51. The Morgan fingerprint density at radius 1 is 1.04 bits per heavy atom. The fourth-order valence-electron chi connectivity index (χ4n) is 3.18. The van der Waals surface area contributed by atoms with Gasteiger partial charge in [-0.1, -0.05) is 12.1 Å². The van der Waals surface area contributed by atoms with Crippen LogP contribution in [0.25, 0.3) is 10.9 Å². The molecule has 1 aliphatic heterocycles. The number of fused-ring (bicyclic) bond motifs is 1. The number of hydrogen-bond donors (Lipinski definition) is 2. The van der Waals surface area contributed by atoms with Crippen LogP contribution >= 0.6 is 36.2 Å². The number of hydrogen-bond acceptors (Lipinski definition) is 3. The Morgan fingerprint density at radius 3 is 2.61 bits per heavy atom. The van der Waals surface area contributed by atoms with Crippen molar-refractivity contribution < 1.29 is 0 Å². The molecular weight excluding hydrogens is 349 g/mol. The summed E-state index contributed by atoms with van der Waals surface area (Å²) in [4.78, 5) is 7.31. The summed E-state index contributed by atoms with van der Waals surface area (Å²) in [5.74, 6) is 0. The number of H-pyrrole nitrogens is 1. The number of benzene rings is 1. The lowest BCUT2D eigenvalue weighted by Gasteiger charge is -2.34. The van der Waals surface area contributed by atoms with Crippen LogP contribution in [-0.2, 0) is 0 Å². The lowest BCUT2D eigenvalue weighted by atomic mass is 10.0. The van der Waals surface area contributed by atoms with E-state index in [4.69, 9.17) is 0 Å². The fourth-order valence-corrected chi connectivity index (χ4v) is 4.07. The van der Waals surface area contributed by atoms with Gasteiger partial charge >= 0.3 is 0 Å². The zero-order valence-corrected chi connectivity index (χ0v) is 15.1. The molecule has 124 valence electrons. The van der Waals surface area contributed by atoms with Gasteiger partial charge in [0.05, 0.1) is 6.04 Å². The summed E-state index contributed by atoms with van der Waals surface area (Å²) in [7, 11) is 0. The molecule has 3 nitrogen and oxygen atoms in total. The molecule has 2 N–H and O–H groups in total. The lowest BCUT2D eigenvalue weighted by Crippen LogP contribution is -2.45. The van der Waals surface area contributed by atoms with Gasteiger partial charge in [0.15, 0.2) is 0 Å². The highest BCUT2D eigenvalue weighted by molar-refractivity contribution is 7.10. The first-order valence-corrected chi connectivity index (χ1v) is 8.35. The molecule has 4 rings (SSSR count). The van der Waals surface area contributed by atoms with Gasteiger partial charge in [0.25, 0.3) is 0 Å². The van der Waals surface area contributed by atoms with Crippen molar-refractivity contribution in [2.45, 2.75) is 6.04 Å². The molecule has 1 aromatic carbocycles. The van der Waals surface area contributed by atoms with Crippen LogP contribution in [-0.4, -0.2) is 36.1 Å². The standard InChI is InChI=1S/C17H19N3S.2ClH/c1-2-16(21-11-1)17(20-9-7-18-8-10-20)14-3-4-15-13(12-14)5-6-19-15;;/h1-6,11-12,17-19H,7-10H2;2*1H/t17-;;/m1../s1. The average molecular weight is 370 g/mol. The molecule has 0 radical (unpaired) electrons. The van der Waals surface area contributed by atoms with Crippen molar-refractivity contribution in [2.75, 3.05) is 26.2 Å². The van der Waals surface area contributed by atoms with Crippen LogP contribution in [0.1, 0.15) is 16.5 Å². The Hall–Kier alpha value is -1.04. The Morgan fingerprint density at radius 2 is 1.87 bits per heavy atom. The maximum Gasteiger partial charge on any atom is 0.0697 e. The summed E-state index contributed by atoms with van der Waals surface area (Å²) in [5, 5.41) is 6.92. The van der Waals surface area contributed by atoms with Crippen LogP contribution in [0.3, 0.4) is 0 Å². The van der Waals surface area contributed by atoms with Gasteiger partial charge in [-0.3, -0.25) is 4.90 Å². The Bertz CT molecular complexity index is 720. The van der Waals surface area contributed by atoms with Crippen LogP contribution in [0.5, 0.6) is 0 Å². The molecule has 2 aromatic heterocycles. The first-order chi connectivity index (χ1) is 10.4. The van der Waals surface area contributed by atoms with Crippen molar-refractivity contribution in [3.05, 3.63) is 58.4 Å². The molecule has 3 aromatic rings. The van der Waals surface area contributed by atoms with E-state index in [0.717, 1.165) is 26.2 Å². The molecule has 0 amide bonds. The van der Waals surface area contributed by atoms with Gasteiger partial charge in [-0.05, 0) is 40.6 Å². The minimum atomic E-state index is 0. The highest BCUT2D eigenvalue weighted by Crippen LogP contribution is 2.33.